The van der Waals surface area contributed by atoms with E-state index in [1.54, 1.807) is 7.11 Å². The molecule has 0 radical (unpaired) electrons. The van der Waals surface area contributed by atoms with Gasteiger partial charge in [-0.25, -0.2) is 13.8 Å². The quantitative estimate of drug-likeness (QED) is 0.929. The molecule has 2 rings (SSSR count). The second-order valence-corrected chi connectivity index (χ2v) is 4.74. The SMILES string of the molecule is COCc1nc(-c2ccc(F)c(F)c2)sc1CN. The molecule has 18 heavy (non-hydrogen) atoms. The molecule has 0 atom stereocenters. The lowest BCUT2D eigenvalue weighted by atomic mass is 10.2. The number of aromatic nitrogens is 1. The lowest BCUT2D eigenvalue weighted by molar-refractivity contribution is 0.181. The van der Waals surface area contributed by atoms with E-state index in [9.17, 15) is 8.78 Å². The van der Waals surface area contributed by atoms with Gasteiger partial charge >= 0.3 is 0 Å². The van der Waals surface area contributed by atoms with Crippen molar-refractivity contribution >= 4 is 11.3 Å². The van der Waals surface area contributed by atoms with Gasteiger partial charge in [-0.2, -0.15) is 0 Å². The van der Waals surface area contributed by atoms with Crippen molar-refractivity contribution in [1.82, 2.24) is 4.98 Å². The average Bonchev–Trinajstić information content (AvgIpc) is 2.76. The zero-order valence-electron chi connectivity index (χ0n) is 9.74. The van der Waals surface area contributed by atoms with Gasteiger partial charge in [0.2, 0.25) is 0 Å². The number of methoxy groups -OCH3 is 1. The molecular formula is C12H12F2N2OS. The average molecular weight is 270 g/mol. The fraction of sp³-hybridized carbons (Fsp3) is 0.250. The van der Waals surface area contributed by atoms with Crippen molar-refractivity contribution in [3.8, 4) is 10.6 Å². The predicted octanol–water partition coefficient (Wildman–Crippen LogP) is 2.69. The molecule has 0 saturated heterocycles. The Bertz CT molecular complexity index is 557. The molecule has 0 fully saturated rings. The van der Waals surface area contributed by atoms with Gasteiger partial charge in [-0.05, 0) is 18.2 Å². The normalized spacial score (nSPS) is 10.9. The van der Waals surface area contributed by atoms with E-state index in [0.29, 0.717) is 23.7 Å². The zero-order chi connectivity index (χ0) is 13.1. The van der Waals surface area contributed by atoms with Crippen molar-refractivity contribution in [3.05, 3.63) is 40.4 Å². The molecule has 0 aliphatic carbocycles. The second-order valence-electron chi connectivity index (χ2n) is 3.65. The second kappa shape index (κ2) is 5.51. The van der Waals surface area contributed by atoms with Crippen molar-refractivity contribution in [2.45, 2.75) is 13.2 Å². The summed E-state index contributed by atoms with van der Waals surface area (Å²) in [6.07, 6.45) is 0. The van der Waals surface area contributed by atoms with Crippen molar-refractivity contribution in [1.29, 1.82) is 0 Å². The Morgan fingerprint density at radius 3 is 2.72 bits per heavy atom. The summed E-state index contributed by atoms with van der Waals surface area (Å²) in [4.78, 5) is 5.22. The van der Waals surface area contributed by atoms with E-state index in [1.807, 2.05) is 0 Å². The van der Waals surface area contributed by atoms with Crippen molar-refractivity contribution in [2.75, 3.05) is 7.11 Å². The Balaban J connectivity index is 2.40. The fourth-order valence-corrected chi connectivity index (χ4v) is 2.48. The molecule has 0 bridgehead atoms. The summed E-state index contributed by atoms with van der Waals surface area (Å²) in [6.45, 7) is 0.701. The number of nitrogens with two attached hydrogens (primary N) is 1. The van der Waals surface area contributed by atoms with Crippen LogP contribution in [0.3, 0.4) is 0 Å². The van der Waals surface area contributed by atoms with E-state index in [-0.39, 0.29) is 0 Å². The summed E-state index contributed by atoms with van der Waals surface area (Å²) < 4.78 is 31.0. The highest BCUT2D eigenvalue weighted by molar-refractivity contribution is 7.15. The topological polar surface area (TPSA) is 48.1 Å². The molecule has 0 aliphatic heterocycles. The van der Waals surface area contributed by atoms with Crippen LogP contribution in [0.15, 0.2) is 18.2 Å². The van der Waals surface area contributed by atoms with Gasteiger partial charge < -0.3 is 10.5 Å². The minimum Gasteiger partial charge on any atom is -0.378 e. The monoisotopic (exact) mass is 270 g/mol. The molecule has 96 valence electrons. The third-order valence-electron chi connectivity index (χ3n) is 2.41. The molecule has 0 spiro atoms. The van der Waals surface area contributed by atoms with Crippen LogP contribution in [0.4, 0.5) is 8.78 Å². The van der Waals surface area contributed by atoms with Crippen LogP contribution < -0.4 is 5.73 Å². The van der Waals surface area contributed by atoms with Gasteiger partial charge in [0, 0.05) is 24.1 Å². The van der Waals surface area contributed by atoms with Gasteiger partial charge in [-0.1, -0.05) is 0 Å². The van der Waals surface area contributed by atoms with E-state index in [2.05, 4.69) is 4.98 Å². The van der Waals surface area contributed by atoms with Crippen LogP contribution in [0.2, 0.25) is 0 Å². The van der Waals surface area contributed by atoms with E-state index in [0.717, 1.165) is 22.7 Å². The maximum atomic E-state index is 13.2. The first kappa shape index (κ1) is 13.1. The lowest BCUT2D eigenvalue weighted by Crippen LogP contribution is -1.99. The third kappa shape index (κ3) is 2.55. The summed E-state index contributed by atoms with van der Waals surface area (Å²) in [5.74, 6) is -1.75. The van der Waals surface area contributed by atoms with Gasteiger partial charge in [0.25, 0.3) is 0 Å². The summed E-state index contributed by atoms with van der Waals surface area (Å²) >= 11 is 1.36. The van der Waals surface area contributed by atoms with E-state index in [1.165, 1.54) is 17.4 Å². The van der Waals surface area contributed by atoms with Crippen molar-refractivity contribution in [2.24, 2.45) is 5.73 Å². The van der Waals surface area contributed by atoms with Gasteiger partial charge in [-0.15, -0.1) is 11.3 Å². The number of nitrogens with zero attached hydrogens (tertiary/aromatic N) is 1. The standard InChI is InChI=1S/C12H12F2N2OS/c1-17-6-10-11(5-15)18-12(16-10)7-2-3-8(13)9(14)4-7/h2-4H,5-6,15H2,1H3. The maximum Gasteiger partial charge on any atom is 0.159 e. The Labute approximate surface area is 107 Å². The Morgan fingerprint density at radius 1 is 1.33 bits per heavy atom. The number of halogens is 2. The molecule has 0 aliphatic rings. The fourth-order valence-electron chi connectivity index (χ4n) is 1.54. The van der Waals surface area contributed by atoms with E-state index < -0.39 is 11.6 Å². The minimum absolute atomic E-state index is 0.347. The molecule has 1 aromatic heterocycles. The van der Waals surface area contributed by atoms with Crippen LogP contribution in [0.5, 0.6) is 0 Å². The molecular weight excluding hydrogens is 258 g/mol. The molecule has 0 unspecified atom stereocenters. The number of hydrogen-bond acceptors (Lipinski definition) is 4. The smallest absolute Gasteiger partial charge is 0.159 e. The van der Waals surface area contributed by atoms with Gasteiger partial charge in [-0.3, -0.25) is 0 Å². The van der Waals surface area contributed by atoms with Gasteiger partial charge in [0.15, 0.2) is 11.6 Å². The first-order chi connectivity index (χ1) is 8.65. The van der Waals surface area contributed by atoms with Crippen LogP contribution in [-0.2, 0) is 17.9 Å². The molecule has 6 heteroatoms. The summed E-state index contributed by atoms with van der Waals surface area (Å²) in [7, 11) is 1.57. The molecule has 1 aromatic carbocycles. The molecule has 2 aromatic rings. The summed E-state index contributed by atoms with van der Waals surface area (Å²) in [6, 6.07) is 3.71. The zero-order valence-corrected chi connectivity index (χ0v) is 10.6. The minimum atomic E-state index is -0.884. The highest BCUT2D eigenvalue weighted by Gasteiger charge is 2.13. The van der Waals surface area contributed by atoms with Crippen LogP contribution in [-0.4, -0.2) is 12.1 Å². The predicted molar refractivity (Wildman–Crippen MR) is 66.1 cm³/mol. The van der Waals surface area contributed by atoms with Gasteiger partial charge in [0.1, 0.15) is 5.01 Å². The number of hydrogen-bond donors (Lipinski definition) is 1. The Hall–Kier alpha value is -1.37. The maximum absolute atomic E-state index is 13.2. The number of rotatable bonds is 4. The highest BCUT2D eigenvalue weighted by atomic mass is 32.1. The molecule has 1 heterocycles. The number of benzene rings is 1. The van der Waals surface area contributed by atoms with Crippen LogP contribution in [0.1, 0.15) is 10.6 Å². The van der Waals surface area contributed by atoms with E-state index in [4.69, 9.17) is 10.5 Å². The van der Waals surface area contributed by atoms with Gasteiger partial charge in [0.05, 0.1) is 12.3 Å². The lowest BCUT2D eigenvalue weighted by Gasteiger charge is -1.97. The first-order valence-electron chi connectivity index (χ1n) is 5.28. The van der Waals surface area contributed by atoms with Crippen LogP contribution in [0.25, 0.3) is 10.6 Å². The van der Waals surface area contributed by atoms with Crippen molar-refractivity contribution < 1.29 is 13.5 Å². The number of ether oxygens (including phenoxy) is 1. The summed E-state index contributed by atoms with van der Waals surface area (Å²) in [5, 5.41) is 0.612. The van der Waals surface area contributed by atoms with Crippen LogP contribution >= 0.6 is 11.3 Å². The Kier molecular flexibility index (Phi) is 4.00. The molecule has 2 N–H and O–H groups in total. The first-order valence-corrected chi connectivity index (χ1v) is 6.10. The molecule has 0 saturated carbocycles. The van der Waals surface area contributed by atoms with Crippen molar-refractivity contribution in [3.63, 3.8) is 0 Å². The van der Waals surface area contributed by atoms with E-state index >= 15 is 0 Å². The Morgan fingerprint density at radius 2 is 2.11 bits per heavy atom. The van der Waals surface area contributed by atoms with Crippen LogP contribution in [0, 0.1) is 11.6 Å². The molecule has 3 nitrogen and oxygen atoms in total. The third-order valence-corrected chi connectivity index (χ3v) is 3.58. The number of thiazole rings is 1. The largest absolute Gasteiger partial charge is 0.378 e. The molecule has 0 amide bonds. The highest BCUT2D eigenvalue weighted by Crippen LogP contribution is 2.29. The summed E-state index contributed by atoms with van der Waals surface area (Å²) in [5.41, 5.74) is 6.89.